The molecule has 0 aliphatic heterocycles. The van der Waals surface area contributed by atoms with E-state index in [4.69, 9.17) is 4.42 Å². The highest BCUT2D eigenvalue weighted by Crippen LogP contribution is 2.30. The van der Waals surface area contributed by atoms with Crippen molar-refractivity contribution in [3.05, 3.63) is 71.7 Å². The van der Waals surface area contributed by atoms with E-state index in [0.717, 1.165) is 22.1 Å². The van der Waals surface area contributed by atoms with Crippen LogP contribution >= 0.6 is 0 Å². The van der Waals surface area contributed by atoms with Crippen molar-refractivity contribution < 1.29 is 8.81 Å². The lowest BCUT2D eigenvalue weighted by Crippen LogP contribution is -2.17. The molecule has 1 N–H and O–H groups in total. The van der Waals surface area contributed by atoms with E-state index in [9.17, 15) is 4.39 Å². The third-order valence-corrected chi connectivity index (χ3v) is 3.29. The number of benzene rings is 2. The Hall–Kier alpha value is -2.13. The molecule has 1 heterocycles. The van der Waals surface area contributed by atoms with Crippen molar-refractivity contribution in [1.29, 1.82) is 0 Å². The number of nitrogens with one attached hydrogen (secondary N) is 1. The van der Waals surface area contributed by atoms with E-state index in [1.807, 2.05) is 37.4 Å². The molecule has 3 heteroatoms. The molecule has 0 radical (unpaired) electrons. The van der Waals surface area contributed by atoms with Crippen LogP contribution in [0.15, 0.2) is 59.2 Å². The molecular weight excluding hydrogens is 241 g/mol. The Morgan fingerprint density at radius 2 is 1.95 bits per heavy atom. The summed E-state index contributed by atoms with van der Waals surface area (Å²) in [6.07, 6.45) is 1.73. The Morgan fingerprint density at radius 3 is 2.74 bits per heavy atom. The van der Waals surface area contributed by atoms with Crippen molar-refractivity contribution >= 4 is 11.0 Å². The highest BCUT2D eigenvalue weighted by molar-refractivity contribution is 5.81. The summed E-state index contributed by atoms with van der Waals surface area (Å²) in [7, 11) is 1.86. The van der Waals surface area contributed by atoms with Gasteiger partial charge in [0.05, 0.1) is 12.3 Å². The van der Waals surface area contributed by atoms with E-state index in [0.29, 0.717) is 0 Å². The summed E-state index contributed by atoms with van der Waals surface area (Å²) in [5, 5.41) is 4.26. The number of para-hydroxylation sites is 1. The largest absolute Gasteiger partial charge is 0.464 e. The van der Waals surface area contributed by atoms with E-state index < -0.39 is 0 Å². The second kappa shape index (κ2) is 4.86. The van der Waals surface area contributed by atoms with Crippen LogP contribution in [0.1, 0.15) is 17.2 Å². The summed E-state index contributed by atoms with van der Waals surface area (Å²) in [4.78, 5) is 0. The van der Waals surface area contributed by atoms with Gasteiger partial charge in [-0.2, -0.15) is 0 Å². The highest BCUT2D eigenvalue weighted by Gasteiger charge is 2.17. The molecular formula is C16H14FNO. The first-order chi connectivity index (χ1) is 9.29. The lowest BCUT2D eigenvalue weighted by atomic mass is 9.98. The number of hydrogen-bond acceptors (Lipinski definition) is 2. The van der Waals surface area contributed by atoms with Gasteiger partial charge in [0, 0.05) is 10.9 Å². The van der Waals surface area contributed by atoms with Crippen molar-refractivity contribution in [2.45, 2.75) is 6.04 Å². The van der Waals surface area contributed by atoms with Gasteiger partial charge in [-0.05, 0) is 30.8 Å². The fourth-order valence-electron chi connectivity index (χ4n) is 2.41. The van der Waals surface area contributed by atoms with Crippen molar-refractivity contribution in [3.8, 4) is 0 Å². The Balaban J connectivity index is 2.12. The van der Waals surface area contributed by atoms with Crippen LogP contribution in [-0.4, -0.2) is 7.05 Å². The molecule has 1 atom stereocenters. The monoisotopic (exact) mass is 255 g/mol. The van der Waals surface area contributed by atoms with Gasteiger partial charge >= 0.3 is 0 Å². The predicted octanol–water partition coefficient (Wildman–Crippen LogP) is 3.88. The van der Waals surface area contributed by atoms with Gasteiger partial charge in [-0.25, -0.2) is 4.39 Å². The smallest absolute Gasteiger partial charge is 0.134 e. The summed E-state index contributed by atoms with van der Waals surface area (Å²) in [5.74, 6) is -0.231. The Bertz CT molecular complexity index is 705. The first kappa shape index (κ1) is 11.9. The van der Waals surface area contributed by atoms with Crippen molar-refractivity contribution in [1.82, 2.24) is 5.32 Å². The fraction of sp³-hybridized carbons (Fsp3) is 0.125. The molecule has 2 nitrogen and oxygen atoms in total. The van der Waals surface area contributed by atoms with E-state index >= 15 is 0 Å². The predicted molar refractivity (Wildman–Crippen MR) is 73.5 cm³/mol. The maximum absolute atomic E-state index is 13.4. The van der Waals surface area contributed by atoms with Crippen LogP contribution in [-0.2, 0) is 0 Å². The summed E-state index contributed by atoms with van der Waals surface area (Å²) >= 11 is 0. The summed E-state index contributed by atoms with van der Waals surface area (Å²) < 4.78 is 18.9. The minimum absolute atomic E-state index is 0.0839. The molecule has 0 saturated heterocycles. The van der Waals surface area contributed by atoms with Crippen LogP contribution in [0.25, 0.3) is 11.0 Å². The third-order valence-electron chi connectivity index (χ3n) is 3.29. The highest BCUT2D eigenvalue weighted by atomic mass is 19.1. The van der Waals surface area contributed by atoms with Crippen molar-refractivity contribution in [3.63, 3.8) is 0 Å². The zero-order chi connectivity index (χ0) is 13.2. The zero-order valence-corrected chi connectivity index (χ0v) is 10.6. The second-order valence-electron chi connectivity index (χ2n) is 4.46. The molecule has 0 aliphatic carbocycles. The van der Waals surface area contributed by atoms with Crippen LogP contribution < -0.4 is 5.32 Å². The van der Waals surface area contributed by atoms with Crippen LogP contribution in [0.5, 0.6) is 0 Å². The molecule has 0 amide bonds. The van der Waals surface area contributed by atoms with Gasteiger partial charge in [0.2, 0.25) is 0 Å². The molecule has 0 saturated carbocycles. The average Bonchev–Trinajstić information content (AvgIpc) is 2.84. The molecule has 1 aromatic heterocycles. The van der Waals surface area contributed by atoms with E-state index in [1.54, 1.807) is 18.4 Å². The molecule has 0 bridgehead atoms. The molecule has 0 spiro atoms. The van der Waals surface area contributed by atoms with Gasteiger partial charge in [0.1, 0.15) is 11.4 Å². The van der Waals surface area contributed by atoms with Crippen LogP contribution in [0.4, 0.5) is 4.39 Å². The Kier molecular flexibility index (Phi) is 3.05. The molecule has 3 rings (SSSR count). The SMILES string of the molecule is CNC(c1cccc(F)c1)c1coc2ccccc12. The normalized spacial score (nSPS) is 12.7. The molecule has 96 valence electrons. The number of rotatable bonds is 3. The summed E-state index contributed by atoms with van der Waals surface area (Å²) in [6, 6.07) is 14.4. The Morgan fingerprint density at radius 1 is 1.11 bits per heavy atom. The first-order valence-corrected chi connectivity index (χ1v) is 6.18. The maximum atomic E-state index is 13.4. The van der Waals surface area contributed by atoms with Gasteiger partial charge in [0.15, 0.2) is 0 Å². The number of halogens is 1. The van der Waals surface area contributed by atoms with Gasteiger partial charge in [-0.15, -0.1) is 0 Å². The third kappa shape index (κ3) is 2.13. The van der Waals surface area contributed by atoms with Crippen LogP contribution in [0, 0.1) is 5.82 Å². The van der Waals surface area contributed by atoms with Crippen molar-refractivity contribution in [2.75, 3.05) is 7.05 Å². The van der Waals surface area contributed by atoms with E-state index in [2.05, 4.69) is 5.32 Å². The molecule has 0 fully saturated rings. The van der Waals surface area contributed by atoms with Gasteiger partial charge in [-0.3, -0.25) is 0 Å². The zero-order valence-electron chi connectivity index (χ0n) is 10.6. The fourth-order valence-corrected chi connectivity index (χ4v) is 2.41. The number of furan rings is 1. The molecule has 2 aromatic carbocycles. The minimum atomic E-state index is -0.231. The Labute approximate surface area is 110 Å². The molecule has 1 unspecified atom stereocenters. The lowest BCUT2D eigenvalue weighted by molar-refractivity contribution is 0.592. The quantitative estimate of drug-likeness (QED) is 0.768. The molecule has 3 aromatic rings. The van der Waals surface area contributed by atoms with E-state index in [1.165, 1.54) is 6.07 Å². The average molecular weight is 255 g/mol. The summed E-state index contributed by atoms with van der Waals surface area (Å²) in [6.45, 7) is 0. The van der Waals surface area contributed by atoms with Crippen LogP contribution in [0.2, 0.25) is 0 Å². The standard InChI is InChI=1S/C16H14FNO/c1-18-16(11-5-4-6-12(17)9-11)14-10-19-15-8-3-2-7-13(14)15/h2-10,16,18H,1H3. The lowest BCUT2D eigenvalue weighted by Gasteiger charge is -2.15. The first-order valence-electron chi connectivity index (χ1n) is 6.18. The minimum Gasteiger partial charge on any atom is -0.464 e. The van der Waals surface area contributed by atoms with Crippen LogP contribution in [0.3, 0.4) is 0 Å². The van der Waals surface area contributed by atoms with Gasteiger partial charge in [0.25, 0.3) is 0 Å². The topological polar surface area (TPSA) is 25.2 Å². The van der Waals surface area contributed by atoms with Crippen molar-refractivity contribution in [2.24, 2.45) is 0 Å². The number of fused-ring (bicyclic) bond motifs is 1. The number of hydrogen-bond donors (Lipinski definition) is 1. The van der Waals surface area contributed by atoms with E-state index in [-0.39, 0.29) is 11.9 Å². The second-order valence-corrected chi connectivity index (χ2v) is 4.46. The maximum Gasteiger partial charge on any atom is 0.134 e. The van der Waals surface area contributed by atoms with Gasteiger partial charge < -0.3 is 9.73 Å². The molecule has 19 heavy (non-hydrogen) atoms. The van der Waals surface area contributed by atoms with Gasteiger partial charge in [-0.1, -0.05) is 30.3 Å². The molecule has 0 aliphatic rings. The summed E-state index contributed by atoms with van der Waals surface area (Å²) in [5.41, 5.74) is 2.74.